The minimum Gasteiger partial charge on any atom is -0.453 e. The molecule has 17 heavy (non-hydrogen) atoms. The molecule has 1 aromatic carbocycles. The lowest BCUT2D eigenvalue weighted by atomic mass is 10.0. The van der Waals surface area contributed by atoms with Gasteiger partial charge in [0.25, 0.3) is 0 Å². The summed E-state index contributed by atoms with van der Waals surface area (Å²) in [5, 5.41) is 0.376. The summed E-state index contributed by atoms with van der Waals surface area (Å²) >= 11 is 8.87. The molecule has 2 nitrogen and oxygen atoms in total. The first kappa shape index (κ1) is 12.6. The molecular weight excluding hydrogens is 308 g/mol. The molecule has 0 aliphatic rings. The fourth-order valence-electron chi connectivity index (χ4n) is 1.55. The number of nitrogens with two attached hydrogens (primary N) is 1. The van der Waals surface area contributed by atoms with E-state index in [4.69, 9.17) is 21.8 Å². The van der Waals surface area contributed by atoms with E-state index < -0.39 is 0 Å². The summed E-state index contributed by atoms with van der Waals surface area (Å²) in [6.45, 7) is 0. The monoisotopic (exact) mass is 317 g/mol. The van der Waals surface area contributed by atoms with E-state index in [-0.39, 0.29) is 11.9 Å². The Kier molecular flexibility index (Phi) is 3.86. The molecule has 2 N–H and O–H groups in total. The van der Waals surface area contributed by atoms with Crippen molar-refractivity contribution in [2.75, 3.05) is 0 Å². The molecule has 2 rings (SSSR count). The van der Waals surface area contributed by atoms with Crippen LogP contribution in [0.5, 0.6) is 0 Å². The summed E-state index contributed by atoms with van der Waals surface area (Å²) in [5.41, 5.74) is 6.46. The molecule has 2 aromatic rings. The third kappa shape index (κ3) is 3.09. The molecule has 1 unspecified atom stereocenters. The molecule has 0 spiro atoms. The normalized spacial score (nSPS) is 12.7. The second kappa shape index (κ2) is 5.21. The average molecular weight is 319 g/mol. The van der Waals surface area contributed by atoms with Gasteiger partial charge in [0, 0.05) is 5.02 Å². The van der Waals surface area contributed by atoms with Gasteiger partial charge in [-0.05, 0) is 52.2 Å². The zero-order valence-corrected chi connectivity index (χ0v) is 11.1. The van der Waals surface area contributed by atoms with Gasteiger partial charge in [-0.2, -0.15) is 0 Å². The quantitative estimate of drug-likeness (QED) is 0.926. The Morgan fingerprint density at radius 3 is 2.71 bits per heavy atom. The zero-order chi connectivity index (χ0) is 12.4. The van der Waals surface area contributed by atoms with Gasteiger partial charge in [0.2, 0.25) is 0 Å². The lowest BCUT2D eigenvalue weighted by Crippen LogP contribution is -2.13. The van der Waals surface area contributed by atoms with Crippen LogP contribution in [-0.2, 0) is 6.42 Å². The Labute approximate surface area is 112 Å². The predicted molar refractivity (Wildman–Crippen MR) is 68.5 cm³/mol. The van der Waals surface area contributed by atoms with Crippen molar-refractivity contribution in [3.63, 3.8) is 0 Å². The summed E-state index contributed by atoms with van der Waals surface area (Å²) in [7, 11) is 0. The van der Waals surface area contributed by atoms with Gasteiger partial charge in [0.15, 0.2) is 4.67 Å². The van der Waals surface area contributed by atoms with Gasteiger partial charge in [-0.3, -0.25) is 0 Å². The number of halogens is 3. The first-order valence-corrected chi connectivity index (χ1v) is 6.18. The number of hydrogen-bond acceptors (Lipinski definition) is 2. The van der Waals surface area contributed by atoms with Crippen molar-refractivity contribution in [1.82, 2.24) is 0 Å². The number of furan rings is 1. The predicted octanol–water partition coefficient (Wildman–Crippen LogP) is 4.08. The Bertz CT molecular complexity index is 529. The van der Waals surface area contributed by atoms with Crippen molar-refractivity contribution in [2.24, 2.45) is 5.73 Å². The highest BCUT2D eigenvalue weighted by Crippen LogP contribution is 2.23. The van der Waals surface area contributed by atoms with Crippen LogP contribution in [0.25, 0.3) is 0 Å². The van der Waals surface area contributed by atoms with Gasteiger partial charge in [-0.1, -0.05) is 17.7 Å². The average Bonchev–Trinajstić information content (AvgIpc) is 2.69. The van der Waals surface area contributed by atoms with E-state index in [1.807, 2.05) is 0 Å². The fourth-order valence-corrected chi connectivity index (χ4v) is 2.03. The van der Waals surface area contributed by atoms with E-state index in [0.717, 1.165) is 0 Å². The van der Waals surface area contributed by atoms with Crippen molar-refractivity contribution in [2.45, 2.75) is 12.5 Å². The molecule has 1 heterocycles. The highest BCUT2D eigenvalue weighted by atomic mass is 79.9. The van der Waals surface area contributed by atoms with E-state index in [9.17, 15) is 4.39 Å². The molecule has 1 aromatic heterocycles. The van der Waals surface area contributed by atoms with Crippen LogP contribution in [0.1, 0.15) is 17.4 Å². The highest BCUT2D eigenvalue weighted by Gasteiger charge is 2.13. The second-order valence-corrected chi connectivity index (χ2v) is 4.91. The van der Waals surface area contributed by atoms with E-state index in [0.29, 0.717) is 27.4 Å². The van der Waals surface area contributed by atoms with Crippen molar-refractivity contribution >= 4 is 27.5 Å². The second-order valence-electron chi connectivity index (χ2n) is 3.69. The molecular formula is C12H10BrClFNO. The molecule has 0 aliphatic carbocycles. The molecule has 0 amide bonds. The van der Waals surface area contributed by atoms with Gasteiger partial charge in [0.1, 0.15) is 11.6 Å². The summed E-state index contributed by atoms with van der Waals surface area (Å²) in [6.07, 6.45) is 0.364. The van der Waals surface area contributed by atoms with Gasteiger partial charge < -0.3 is 10.2 Å². The molecule has 0 aliphatic heterocycles. The van der Waals surface area contributed by atoms with Crippen molar-refractivity contribution < 1.29 is 8.81 Å². The van der Waals surface area contributed by atoms with Crippen LogP contribution in [0.2, 0.25) is 5.02 Å². The summed E-state index contributed by atoms with van der Waals surface area (Å²) in [4.78, 5) is 0. The van der Waals surface area contributed by atoms with Crippen LogP contribution >= 0.6 is 27.5 Å². The molecule has 0 bridgehead atoms. The largest absolute Gasteiger partial charge is 0.453 e. The van der Waals surface area contributed by atoms with Crippen LogP contribution in [0, 0.1) is 5.82 Å². The summed E-state index contributed by atoms with van der Waals surface area (Å²) in [5.74, 6) is 0.268. The van der Waals surface area contributed by atoms with E-state index in [1.165, 1.54) is 6.07 Å². The highest BCUT2D eigenvalue weighted by molar-refractivity contribution is 9.10. The smallest absolute Gasteiger partial charge is 0.169 e. The zero-order valence-electron chi connectivity index (χ0n) is 8.79. The number of rotatable bonds is 3. The maximum Gasteiger partial charge on any atom is 0.169 e. The Balaban J connectivity index is 2.15. The summed E-state index contributed by atoms with van der Waals surface area (Å²) < 4.78 is 19.5. The SMILES string of the molecule is NC(Cc1ccc(Cl)cc1F)c1ccc(Br)o1. The minimum absolute atomic E-state index is 0.349. The van der Waals surface area contributed by atoms with Crippen LogP contribution < -0.4 is 5.73 Å². The van der Waals surface area contributed by atoms with E-state index >= 15 is 0 Å². The molecule has 5 heteroatoms. The topological polar surface area (TPSA) is 39.2 Å². The maximum atomic E-state index is 13.6. The Morgan fingerprint density at radius 1 is 1.35 bits per heavy atom. The minimum atomic E-state index is -0.378. The third-order valence-corrected chi connectivity index (χ3v) is 3.08. The lowest BCUT2D eigenvalue weighted by Gasteiger charge is -2.09. The molecule has 90 valence electrons. The van der Waals surface area contributed by atoms with Crippen LogP contribution in [0.3, 0.4) is 0 Å². The molecule has 0 fully saturated rings. The molecule has 0 saturated heterocycles. The molecule has 0 saturated carbocycles. The maximum absolute atomic E-state index is 13.6. The first-order chi connectivity index (χ1) is 8.06. The number of benzene rings is 1. The lowest BCUT2D eigenvalue weighted by molar-refractivity contribution is 0.445. The van der Waals surface area contributed by atoms with Crippen molar-refractivity contribution in [3.8, 4) is 0 Å². The Morgan fingerprint density at radius 2 is 2.12 bits per heavy atom. The van der Waals surface area contributed by atoms with E-state index in [1.54, 1.807) is 24.3 Å². The van der Waals surface area contributed by atoms with Crippen LogP contribution in [-0.4, -0.2) is 0 Å². The fraction of sp³-hybridized carbons (Fsp3) is 0.167. The van der Waals surface area contributed by atoms with Crippen molar-refractivity contribution in [3.05, 3.63) is 57.2 Å². The molecule has 0 radical (unpaired) electrons. The summed E-state index contributed by atoms with van der Waals surface area (Å²) in [6, 6.07) is 7.70. The van der Waals surface area contributed by atoms with Crippen LogP contribution in [0.15, 0.2) is 39.4 Å². The van der Waals surface area contributed by atoms with Gasteiger partial charge in [-0.25, -0.2) is 4.39 Å². The van der Waals surface area contributed by atoms with Gasteiger partial charge >= 0.3 is 0 Å². The van der Waals surface area contributed by atoms with Crippen LogP contribution in [0.4, 0.5) is 4.39 Å². The molecule has 1 atom stereocenters. The van der Waals surface area contributed by atoms with Gasteiger partial charge in [-0.15, -0.1) is 0 Å². The van der Waals surface area contributed by atoms with Gasteiger partial charge in [0.05, 0.1) is 6.04 Å². The van der Waals surface area contributed by atoms with Crippen molar-refractivity contribution in [1.29, 1.82) is 0 Å². The first-order valence-electron chi connectivity index (χ1n) is 5.01. The number of hydrogen-bond donors (Lipinski definition) is 1. The Hall–Kier alpha value is -0.840. The third-order valence-electron chi connectivity index (χ3n) is 2.41. The van der Waals surface area contributed by atoms with E-state index in [2.05, 4.69) is 15.9 Å². The standard InChI is InChI=1S/C12H10BrClFNO/c13-12-4-3-11(17-12)10(16)5-7-1-2-8(14)6-9(7)15/h1-4,6,10H,5,16H2.